The van der Waals surface area contributed by atoms with Gasteiger partial charge in [0.05, 0.1) is 10.6 Å². The molecule has 0 amide bonds. The van der Waals surface area contributed by atoms with E-state index < -0.39 is 9.84 Å². The van der Waals surface area contributed by atoms with E-state index in [-0.39, 0.29) is 5.75 Å². The van der Waals surface area contributed by atoms with Gasteiger partial charge in [-0.25, -0.2) is 8.42 Å². The lowest BCUT2D eigenvalue weighted by Gasteiger charge is -2.02. The Hall–Kier alpha value is -1.27. The molecule has 2 nitrogen and oxygen atoms in total. The monoisotopic (exact) mass is 250 g/mol. The summed E-state index contributed by atoms with van der Waals surface area (Å²) in [5, 5.41) is 0. The first-order valence-electron chi connectivity index (χ1n) is 5.87. The topological polar surface area (TPSA) is 34.1 Å². The summed E-state index contributed by atoms with van der Waals surface area (Å²) in [7, 11) is -3.07. The van der Waals surface area contributed by atoms with E-state index in [0.29, 0.717) is 4.90 Å². The Morgan fingerprint density at radius 2 is 1.71 bits per heavy atom. The van der Waals surface area contributed by atoms with Gasteiger partial charge in [-0.15, -0.1) is 11.8 Å². The van der Waals surface area contributed by atoms with E-state index in [4.69, 9.17) is 0 Å². The van der Waals surface area contributed by atoms with Crippen LogP contribution in [0.4, 0.5) is 0 Å². The van der Waals surface area contributed by atoms with Gasteiger partial charge in [0.25, 0.3) is 0 Å². The summed E-state index contributed by atoms with van der Waals surface area (Å²) in [5.41, 5.74) is 1.13. The molecule has 0 spiro atoms. The minimum absolute atomic E-state index is 0.147. The van der Waals surface area contributed by atoms with Crippen molar-refractivity contribution in [3.8, 4) is 11.8 Å². The standard InChI is InChI=1S/C14H18O2S/c1-3-5-6-7-8-13-9-11-14(12-10-13)17(15,16)4-2/h9-12H,3-4,7-8H2,1-2H3. The van der Waals surface area contributed by atoms with Crippen LogP contribution in [-0.4, -0.2) is 14.2 Å². The van der Waals surface area contributed by atoms with Crippen LogP contribution < -0.4 is 0 Å². The molecular weight excluding hydrogens is 232 g/mol. The molecule has 0 saturated carbocycles. The van der Waals surface area contributed by atoms with Crippen molar-refractivity contribution in [1.29, 1.82) is 0 Å². The molecule has 92 valence electrons. The highest BCUT2D eigenvalue weighted by molar-refractivity contribution is 7.91. The summed E-state index contributed by atoms with van der Waals surface area (Å²) in [5.74, 6) is 6.24. The van der Waals surface area contributed by atoms with E-state index in [0.717, 1.165) is 24.8 Å². The molecule has 1 aromatic carbocycles. The van der Waals surface area contributed by atoms with Gasteiger partial charge in [-0.3, -0.25) is 0 Å². The van der Waals surface area contributed by atoms with Gasteiger partial charge in [0.1, 0.15) is 0 Å². The van der Waals surface area contributed by atoms with E-state index >= 15 is 0 Å². The Morgan fingerprint density at radius 3 is 2.24 bits per heavy atom. The fourth-order valence-corrected chi connectivity index (χ4v) is 2.33. The lowest BCUT2D eigenvalue weighted by atomic mass is 10.1. The van der Waals surface area contributed by atoms with Gasteiger partial charge in [0.2, 0.25) is 0 Å². The van der Waals surface area contributed by atoms with E-state index in [1.165, 1.54) is 0 Å². The number of sulfone groups is 1. The van der Waals surface area contributed by atoms with Gasteiger partial charge >= 0.3 is 0 Å². The van der Waals surface area contributed by atoms with Crippen LogP contribution in [0.3, 0.4) is 0 Å². The summed E-state index contributed by atoms with van der Waals surface area (Å²) in [4.78, 5) is 0.406. The zero-order valence-corrected chi connectivity index (χ0v) is 11.2. The lowest BCUT2D eigenvalue weighted by molar-refractivity contribution is 0.597. The maximum absolute atomic E-state index is 11.6. The quantitative estimate of drug-likeness (QED) is 0.770. The van der Waals surface area contributed by atoms with Crippen molar-refractivity contribution >= 4 is 9.84 Å². The number of aryl methyl sites for hydroxylation is 1. The predicted molar refractivity (Wildman–Crippen MR) is 70.6 cm³/mol. The molecule has 0 bridgehead atoms. The summed E-state index contributed by atoms with van der Waals surface area (Å²) in [6.07, 6.45) is 2.58. The molecule has 1 aromatic rings. The number of benzene rings is 1. The first-order chi connectivity index (χ1) is 8.10. The second-order valence-corrected chi connectivity index (χ2v) is 6.03. The van der Waals surface area contributed by atoms with Crippen molar-refractivity contribution in [2.24, 2.45) is 0 Å². The van der Waals surface area contributed by atoms with Crippen LogP contribution in [0, 0.1) is 11.8 Å². The van der Waals surface area contributed by atoms with Gasteiger partial charge in [-0.1, -0.05) is 26.0 Å². The average Bonchev–Trinajstić information content (AvgIpc) is 2.35. The number of rotatable bonds is 4. The Bertz CT molecular complexity index is 501. The molecule has 3 heteroatoms. The molecule has 0 heterocycles. The average molecular weight is 250 g/mol. The summed E-state index contributed by atoms with van der Waals surface area (Å²) in [6, 6.07) is 7.11. The molecule has 0 unspecified atom stereocenters. The van der Waals surface area contributed by atoms with Crippen molar-refractivity contribution in [1.82, 2.24) is 0 Å². The van der Waals surface area contributed by atoms with Gasteiger partial charge in [0, 0.05) is 12.8 Å². The minimum Gasteiger partial charge on any atom is -0.224 e. The smallest absolute Gasteiger partial charge is 0.178 e. The highest BCUT2D eigenvalue weighted by atomic mass is 32.2. The van der Waals surface area contributed by atoms with Crippen LogP contribution in [0.25, 0.3) is 0 Å². The van der Waals surface area contributed by atoms with Crippen molar-refractivity contribution in [2.45, 2.75) is 38.0 Å². The fraction of sp³-hybridized carbons (Fsp3) is 0.429. The number of hydrogen-bond acceptors (Lipinski definition) is 2. The van der Waals surface area contributed by atoms with E-state index in [1.807, 2.05) is 19.1 Å². The Balaban J connectivity index is 2.69. The molecule has 0 aliphatic carbocycles. The Kier molecular flexibility index (Phi) is 5.24. The molecule has 0 saturated heterocycles. The maximum atomic E-state index is 11.6. The molecule has 0 atom stereocenters. The largest absolute Gasteiger partial charge is 0.224 e. The third-order valence-electron chi connectivity index (χ3n) is 2.50. The second kappa shape index (κ2) is 6.46. The molecule has 0 N–H and O–H groups in total. The first kappa shape index (κ1) is 13.8. The second-order valence-electron chi connectivity index (χ2n) is 3.75. The van der Waals surface area contributed by atoms with Crippen molar-refractivity contribution < 1.29 is 8.42 Å². The zero-order chi connectivity index (χ0) is 12.7. The van der Waals surface area contributed by atoms with Gasteiger partial charge in [-0.05, 0) is 24.1 Å². The summed E-state index contributed by atoms with van der Waals surface area (Å²) in [6.45, 7) is 3.68. The SMILES string of the molecule is CCC#CCCc1ccc(S(=O)(=O)CC)cc1. The van der Waals surface area contributed by atoms with Gasteiger partial charge < -0.3 is 0 Å². The fourth-order valence-electron chi connectivity index (χ4n) is 1.45. The van der Waals surface area contributed by atoms with Crippen LogP contribution in [0.5, 0.6) is 0 Å². The molecule has 0 aromatic heterocycles. The van der Waals surface area contributed by atoms with Crippen molar-refractivity contribution in [3.63, 3.8) is 0 Å². The Morgan fingerprint density at radius 1 is 1.06 bits per heavy atom. The van der Waals surface area contributed by atoms with Crippen molar-refractivity contribution in [3.05, 3.63) is 29.8 Å². The van der Waals surface area contributed by atoms with E-state index in [2.05, 4.69) is 11.8 Å². The number of hydrogen-bond donors (Lipinski definition) is 0. The van der Waals surface area contributed by atoms with Gasteiger partial charge in [0.15, 0.2) is 9.84 Å². The maximum Gasteiger partial charge on any atom is 0.178 e. The van der Waals surface area contributed by atoms with Crippen molar-refractivity contribution in [2.75, 3.05) is 5.75 Å². The summed E-state index contributed by atoms with van der Waals surface area (Å²) < 4.78 is 23.2. The van der Waals surface area contributed by atoms with Crippen LogP contribution in [-0.2, 0) is 16.3 Å². The lowest BCUT2D eigenvalue weighted by Crippen LogP contribution is -2.03. The third kappa shape index (κ3) is 4.24. The molecule has 0 aliphatic heterocycles. The van der Waals surface area contributed by atoms with E-state index in [9.17, 15) is 8.42 Å². The minimum atomic E-state index is -3.07. The van der Waals surface area contributed by atoms with Crippen LogP contribution >= 0.6 is 0 Å². The molecule has 1 rings (SSSR count). The molecule has 0 fully saturated rings. The van der Waals surface area contributed by atoms with Crippen LogP contribution in [0.2, 0.25) is 0 Å². The van der Waals surface area contributed by atoms with E-state index in [1.54, 1.807) is 19.1 Å². The van der Waals surface area contributed by atoms with Crippen LogP contribution in [0.1, 0.15) is 32.3 Å². The van der Waals surface area contributed by atoms with Crippen LogP contribution in [0.15, 0.2) is 29.2 Å². The molecular formula is C14H18O2S. The highest BCUT2D eigenvalue weighted by Crippen LogP contribution is 2.13. The zero-order valence-electron chi connectivity index (χ0n) is 10.4. The first-order valence-corrected chi connectivity index (χ1v) is 7.52. The normalized spacial score (nSPS) is 10.7. The molecule has 17 heavy (non-hydrogen) atoms. The van der Waals surface area contributed by atoms with Gasteiger partial charge in [-0.2, -0.15) is 0 Å². The predicted octanol–water partition coefficient (Wildman–Crippen LogP) is 2.83. The summed E-state index contributed by atoms with van der Waals surface area (Å²) >= 11 is 0. The highest BCUT2D eigenvalue weighted by Gasteiger charge is 2.10. The third-order valence-corrected chi connectivity index (χ3v) is 4.25. The molecule has 0 radical (unpaired) electrons. The Labute approximate surface area is 104 Å². The molecule has 0 aliphatic rings.